The molecule has 0 aromatic carbocycles. The maximum Gasteiger partial charge on any atom is 0.252 e. The number of allylic oxidation sites excluding steroid dienone is 8. The Morgan fingerprint density at radius 2 is 1.63 bits per heavy atom. The van der Waals surface area contributed by atoms with Crippen molar-refractivity contribution in [3.8, 4) is 0 Å². The van der Waals surface area contributed by atoms with E-state index in [0.29, 0.717) is 89.6 Å². The van der Waals surface area contributed by atoms with Crippen LogP contribution in [0.3, 0.4) is 0 Å². The molecule has 1 unspecified atom stereocenters. The summed E-state index contributed by atoms with van der Waals surface area (Å²) in [5, 5.41) is 0. The van der Waals surface area contributed by atoms with Gasteiger partial charge >= 0.3 is 0 Å². The fourth-order valence-electron chi connectivity index (χ4n) is 6.26. The van der Waals surface area contributed by atoms with E-state index in [0.717, 1.165) is 22.4 Å². The highest BCUT2D eigenvalue weighted by atomic mass is 19.1. The van der Waals surface area contributed by atoms with Crippen molar-refractivity contribution in [1.29, 1.82) is 0 Å². The lowest BCUT2D eigenvalue weighted by Crippen LogP contribution is -2.14. The fourth-order valence-corrected chi connectivity index (χ4v) is 6.26. The molecule has 4 N–H and O–H groups in total. The van der Waals surface area contributed by atoms with Gasteiger partial charge in [0.1, 0.15) is 12.0 Å². The highest BCUT2D eigenvalue weighted by molar-refractivity contribution is 6.01. The summed E-state index contributed by atoms with van der Waals surface area (Å²) in [6, 6.07) is 9.52. The number of hydrogen-bond acceptors (Lipinski definition) is 3. The van der Waals surface area contributed by atoms with Crippen molar-refractivity contribution >= 4 is 39.1 Å². The van der Waals surface area contributed by atoms with Gasteiger partial charge < -0.3 is 15.7 Å². The molecule has 8 bridgehead atoms. The number of aryl methyl sites for hydroxylation is 4. The first-order valence-electron chi connectivity index (χ1n) is 14.1. The summed E-state index contributed by atoms with van der Waals surface area (Å²) < 4.78 is 30.5. The molecule has 0 fully saturated rings. The number of nitrogens with zero attached hydrogens (tertiary/aromatic N) is 2. The molecule has 8 heteroatoms. The number of aromatic nitrogens is 4. The van der Waals surface area contributed by atoms with Gasteiger partial charge in [-0.1, -0.05) is 30.4 Å². The number of primary amides is 1. The van der Waals surface area contributed by atoms with Gasteiger partial charge in [-0.05, 0) is 68.0 Å². The first-order valence-corrected chi connectivity index (χ1v) is 14.1. The molecule has 2 aliphatic carbocycles. The number of amides is 1. The Kier molecular flexibility index (Phi) is 6.26. The van der Waals surface area contributed by atoms with Crippen molar-refractivity contribution in [2.45, 2.75) is 51.1 Å². The summed E-state index contributed by atoms with van der Waals surface area (Å²) in [6.07, 6.45) is 11.8. The number of hydrogen-bond donors (Lipinski definition) is 3. The number of halogens is 2. The minimum atomic E-state index is -1.16. The van der Waals surface area contributed by atoms with Crippen LogP contribution in [0, 0.1) is 0 Å². The van der Waals surface area contributed by atoms with Crippen molar-refractivity contribution in [3.05, 3.63) is 106 Å². The van der Waals surface area contributed by atoms with Gasteiger partial charge in [0, 0.05) is 51.8 Å². The predicted octanol–water partition coefficient (Wildman–Crippen LogP) is 6.70. The normalized spacial score (nSPS) is 18.6. The molecule has 1 amide bonds. The van der Waals surface area contributed by atoms with Gasteiger partial charge in [0.25, 0.3) is 5.91 Å². The molecule has 0 radical (unpaired) electrons. The van der Waals surface area contributed by atoms with Crippen LogP contribution < -0.4 is 5.73 Å². The molecule has 7 rings (SSSR count). The number of rotatable bonds is 3. The van der Waals surface area contributed by atoms with Crippen LogP contribution in [0.25, 0.3) is 33.2 Å². The standard InChI is InChI=1S/C33H29F2N5O/c34-22-7-3-1-5-20(22)30-24-11-9-18(37-24)17-19-10-12-25(38-19)31(21-6-2-4-8-23(21)35)27-14-16-29(40-27)32(33(36)41)28-15-13-26(30)39-28/h1-3,5-6,9,11,14,16-17,22,37,40H,4,7-8,10,12-13,15H2,(H2,36,41). The molecule has 41 heavy (non-hydrogen) atoms. The van der Waals surface area contributed by atoms with Gasteiger partial charge in [0.15, 0.2) is 0 Å². The van der Waals surface area contributed by atoms with Crippen molar-refractivity contribution in [3.63, 3.8) is 0 Å². The third-order valence-electron chi connectivity index (χ3n) is 8.16. The van der Waals surface area contributed by atoms with Crippen molar-refractivity contribution in [2.24, 2.45) is 5.73 Å². The van der Waals surface area contributed by atoms with Crippen molar-refractivity contribution < 1.29 is 13.6 Å². The van der Waals surface area contributed by atoms with Crippen LogP contribution in [-0.4, -0.2) is 32.0 Å². The molecule has 0 spiro atoms. The highest BCUT2D eigenvalue weighted by Crippen LogP contribution is 2.36. The molecule has 4 aliphatic rings. The van der Waals surface area contributed by atoms with Gasteiger partial charge in [-0.25, -0.2) is 8.78 Å². The van der Waals surface area contributed by atoms with E-state index in [1.165, 1.54) is 0 Å². The van der Waals surface area contributed by atoms with E-state index in [1.54, 1.807) is 12.1 Å². The molecule has 5 heterocycles. The number of carbonyl (C=O) groups excluding carboxylic acids is 1. The van der Waals surface area contributed by atoms with Gasteiger partial charge in [-0.15, -0.1) is 0 Å². The molecule has 1 atom stereocenters. The Morgan fingerprint density at radius 1 is 0.878 bits per heavy atom. The zero-order valence-corrected chi connectivity index (χ0v) is 22.4. The summed E-state index contributed by atoms with van der Waals surface area (Å²) in [5.74, 6) is -0.791. The van der Waals surface area contributed by atoms with Gasteiger partial charge in [-0.2, -0.15) is 0 Å². The van der Waals surface area contributed by atoms with E-state index < -0.39 is 12.1 Å². The number of H-pyrrole nitrogens is 2. The minimum Gasteiger partial charge on any atom is -0.365 e. The number of fused-ring (bicyclic) bond motifs is 8. The Labute approximate surface area is 235 Å². The highest BCUT2D eigenvalue weighted by Gasteiger charge is 2.25. The second kappa shape index (κ2) is 10.1. The summed E-state index contributed by atoms with van der Waals surface area (Å²) in [5.41, 5.74) is 14.4. The lowest BCUT2D eigenvalue weighted by Gasteiger charge is -2.15. The molecule has 3 aromatic rings. The zero-order valence-electron chi connectivity index (χ0n) is 22.4. The Morgan fingerprint density at radius 3 is 2.46 bits per heavy atom. The van der Waals surface area contributed by atoms with Crippen LogP contribution in [0.2, 0.25) is 0 Å². The predicted molar refractivity (Wildman–Crippen MR) is 157 cm³/mol. The first-order chi connectivity index (χ1) is 20.0. The molecule has 2 aliphatic heterocycles. The minimum absolute atomic E-state index is 0.179. The quantitative estimate of drug-likeness (QED) is 0.339. The van der Waals surface area contributed by atoms with E-state index in [1.807, 2.05) is 48.6 Å². The smallest absolute Gasteiger partial charge is 0.252 e. The zero-order chi connectivity index (χ0) is 28.1. The largest absolute Gasteiger partial charge is 0.365 e. The van der Waals surface area contributed by atoms with Crippen LogP contribution in [0.4, 0.5) is 8.78 Å². The second-order valence-corrected chi connectivity index (χ2v) is 10.8. The van der Waals surface area contributed by atoms with Crippen molar-refractivity contribution in [2.75, 3.05) is 0 Å². The van der Waals surface area contributed by atoms with E-state index in [-0.39, 0.29) is 11.4 Å². The van der Waals surface area contributed by atoms with Crippen LogP contribution in [-0.2, 0) is 25.7 Å². The lowest BCUT2D eigenvalue weighted by molar-refractivity contribution is 0.100. The molecule has 0 saturated heterocycles. The third kappa shape index (κ3) is 4.53. The number of aromatic amines is 2. The molecule has 206 valence electrons. The first kappa shape index (κ1) is 25.4. The Bertz CT molecular complexity index is 1890. The second-order valence-electron chi connectivity index (χ2n) is 10.8. The number of alkyl halides is 1. The van der Waals surface area contributed by atoms with Gasteiger partial charge in [0.2, 0.25) is 0 Å². The summed E-state index contributed by atoms with van der Waals surface area (Å²) >= 11 is 0. The van der Waals surface area contributed by atoms with E-state index in [2.05, 4.69) is 9.97 Å². The fraction of sp³-hybridized carbons (Fsp3) is 0.242. The summed E-state index contributed by atoms with van der Waals surface area (Å²) in [7, 11) is 0. The van der Waals surface area contributed by atoms with E-state index in [4.69, 9.17) is 15.7 Å². The number of nitrogens with one attached hydrogen (secondary N) is 2. The molecular weight excluding hydrogens is 520 g/mol. The third-order valence-corrected chi connectivity index (χ3v) is 8.16. The maximum absolute atomic E-state index is 15.3. The van der Waals surface area contributed by atoms with Gasteiger partial charge in [-0.3, -0.25) is 14.8 Å². The number of nitrogens with two attached hydrogens (primary N) is 1. The van der Waals surface area contributed by atoms with Gasteiger partial charge in [0.05, 0.1) is 28.2 Å². The molecule has 6 nitrogen and oxygen atoms in total. The summed E-state index contributed by atoms with van der Waals surface area (Å²) in [4.78, 5) is 29.5. The summed E-state index contributed by atoms with van der Waals surface area (Å²) in [6.45, 7) is 0. The van der Waals surface area contributed by atoms with E-state index >= 15 is 8.78 Å². The topological polar surface area (TPSA) is 100 Å². The van der Waals surface area contributed by atoms with Crippen LogP contribution >= 0.6 is 0 Å². The van der Waals surface area contributed by atoms with Crippen LogP contribution in [0.1, 0.15) is 63.5 Å². The van der Waals surface area contributed by atoms with Crippen LogP contribution in [0.5, 0.6) is 0 Å². The van der Waals surface area contributed by atoms with Crippen LogP contribution in [0.15, 0.2) is 66.5 Å². The monoisotopic (exact) mass is 549 g/mol. The average molecular weight is 550 g/mol. The number of carbonyl (C=O) groups is 1. The van der Waals surface area contributed by atoms with E-state index in [9.17, 15) is 4.79 Å². The molecule has 3 aromatic heterocycles. The average Bonchev–Trinajstić information content (AvgIpc) is 3.77. The molecule has 0 saturated carbocycles. The van der Waals surface area contributed by atoms with Crippen molar-refractivity contribution in [1.82, 2.24) is 19.9 Å². The lowest BCUT2D eigenvalue weighted by atomic mass is 9.93. The molecular formula is C33H29F2N5O. The maximum atomic E-state index is 15.3. The Balaban J connectivity index is 1.61. The SMILES string of the molecule is NC(=O)c1c2nc(c(C3=CC=CCC3F)c3ccc(cc4nc(c(C5=C(F)CCC=C5)c5ccc1[nH]5)CC4)[nH]3)CC2. The Hall–Kier alpha value is -4.59.